The van der Waals surface area contributed by atoms with Gasteiger partial charge in [-0.3, -0.25) is 9.88 Å². The number of aromatic nitrogens is 1. The van der Waals surface area contributed by atoms with Gasteiger partial charge in [0.15, 0.2) is 0 Å². The second-order valence-corrected chi connectivity index (χ2v) is 5.40. The van der Waals surface area contributed by atoms with Crippen LogP contribution in [0.4, 0.5) is 5.69 Å². The normalized spacial score (nSPS) is 17.2. The van der Waals surface area contributed by atoms with Gasteiger partial charge >= 0.3 is 0 Å². The number of pyridine rings is 1. The van der Waals surface area contributed by atoms with Crippen LogP contribution in [0.1, 0.15) is 26.3 Å². The van der Waals surface area contributed by atoms with Gasteiger partial charge in [-0.15, -0.1) is 0 Å². The average Bonchev–Trinajstić information content (AvgIpc) is 2.45. The predicted molar refractivity (Wildman–Crippen MR) is 80.5 cm³/mol. The molecule has 1 aliphatic heterocycles. The van der Waals surface area contributed by atoms with Gasteiger partial charge in [0, 0.05) is 45.0 Å². The molecule has 0 bridgehead atoms. The molecule has 0 aliphatic carbocycles. The molecule has 0 saturated carbocycles. The monoisotopic (exact) mass is 262 g/mol. The van der Waals surface area contributed by atoms with Gasteiger partial charge in [-0.1, -0.05) is 6.92 Å². The third-order valence-electron chi connectivity index (χ3n) is 3.84. The van der Waals surface area contributed by atoms with E-state index in [1.54, 1.807) is 0 Å². The first-order valence-corrected chi connectivity index (χ1v) is 7.35. The highest BCUT2D eigenvalue weighted by atomic mass is 15.3. The number of hydrogen-bond acceptors (Lipinski definition) is 4. The van der Waals surface area contributed by atoms with Crippen molar-refractivity contribution in [2.24, 2.45) is 0 Å². The second kappa shape index (κ2) is 6.87. The van der Waals surface area contributed by atoms with Crippen LogP contribution < -0.4 is 10.2 Å². The lowest BCUT2D eigenvalue weighted by atomic mass is 10.1. The summed E-state index contributed by atoms with van der Waals surface area (Å²) < 4.78 is 0. The molecule has 1 aliphatic rings. The Kier molecular flexibility index (Phi) is 5.16. The molecule has 1 saturated heterocycles. The molecule has 0 spiro atoms. The van der Waals surface area contributed by atoms with Crippen LogP contribution in [0.3, 0.4) is 0 Å². The summed E-state index contributed by atoms with van der Waals surface area (Å²) >= 11 is 0. The molecule has 2 heterocycles. The van der Waals surface area contributed by atoms with Gasteiger partial charge in [0.1, 0.15) is 0 Å². The van der Waals surface area contributed by atoms with Crippen LogP contribution in [-0.2, 0) is 6.54 Å². The van der Waals surface area contributed by atoms with E-state index in [0.29, 0.717) is 6.04 Å². The topological polar surface area (TPSA) is 31.4 Å². The maximum absolute atomic E-state index is 4.30. The smallest absolute Gasteiger partial charge is 0.0599 e. The van der Waals surface area contributed by atoms with E-state index in [2.05, 4.69) is 46.9 Å². The van der Waals surface area contributed by atoms with E-state index in [9.17, 15) is 0 Å². The minimum atomic E-state index is 0.650. The van der Waals surface area contributed by atoms with E-state index in [-0.39, 0.29) is 0 Å². The molecule has 4 nitrogen and oxygen atoms in total. The van der Waals surface area contributed by atoms with E-state index in [0.717, 1.165) is 39.3 Å². The molecule has 4 heteroatoms. The van der Waals surface area contributed by atoms with Crippen LogP contribution >= 0.6 is 0 Å². The Bertz CT molecular complexity index is 383. The molecule has 1 aromatic heterocycles. The van der Waals surface area contributed by atoms with Crippen molar-refractivity contribution < 1.29 is 0 Å². The Morgan fingerprint density at radius 3 is 2.63 bits per heavy atom. The molecule has 1 fully saturated rings. The van der Waals surface area contributed by atoms with Gasteiger partial charge in [0.25, 0.3) is 0 Å². The predicted octanol–water partition coefficient (Wildman–Crippen LogP) is 1.72. The molecule has 2 rings (SSSR count). The first kappa shape index (κ1) is 14.3. The number of piperazine rings is 1. The molecule has 0 amide bonds. The summed E-state index contributed by atoms with van der Waals surface area (Å²) in [5.41, 5.74) is 2.65. The molecule has 0 aromatic carbocycles. The van der Waals surface area contributed by atoms with E-state index in [4.69, 9.17) is 0 Å². The van der Waals surface area contributed by atoms with Crippen molar-refractivity contribution >= 4 is 5.69 Å². The highest BCUT2D eigenvalue weighted by Gasteiger charge is 2.20. The largest absolute Gasteiger partial charge is 0.367 e. The third-order valence-corrected chi connectivity index (χ3v) is 3.84. The van der Waals surface area contributed by atoms with Gasteiger partial charge in [0.2, 0.25) is 0 Å². The lowest BCUT2D eigenvalue weighted by Gasteiger charge is -2.38. The number of nitrogens with one attached hydrogen (secondary N) is 1. The Hall–Kier alpha value is -1.13. The summed E-state index contributed by atoms with van der Waals surface area (Å²) in [6, 6.07) is 2.78. The van der Waals surface area contributed by atoms with Gasteiger partial charge in [-0.25, -0.2) is 0 Å². The zero-order chi connectivity index (χ0) is 13.7. The lowest BCUT2D eigenvalue weighted by Crippen LogP contribution is -2.49. The summed E-state index contributed by atoms with van der Waals surface area (Å²) in [4.78, 5) is 9.31. The fourth-order valence-corrected chi connectivity index (χ4v) is 2.59. The first-order valence-electron chi connectivity index (χ1n) is 7.35. The van der Waals surface area contributed by atoms with Gasteiger partial charge < -0.3 is 10.2 Å². The Balaban J connectivity index is 2.02. The number of anilines is 1. The standard InChI is InChI=1S/C15H26N4/c1-4-16-11-14-5-6-17-12-15(14)19-9-7-18(8-10-19)13(2)3/h5-6,12-13,16H,4,7-11H2,1-3H3. The maximum Gasteiger partial charge on any atom is 0.0599 e. The van der Waals surface area contributed by atoms with Crippen LogP contribution in [0.25, 0.3) is 0 Å². The van der Waals surface area contributed by atoms with Crippen molar-refractivity contribution in [1.82, 2.24) is 15.2 Å². The van der Waals surface area contributed by atoms with Crippen LogP contribution in [0.5, 0.6) is 0 Å². The highest BCUT2D eigenvalue weighted by molar-refractivity contribution is 5.52. The van der Waals surface area contributed by atoms with Crippen LogP contribution in [-0.4, -0.2) is 48.6 Å². The van der Waals surface area contributed by atoms with Crippen molar-refractivity contribution in [3.8, 4) is 0 Å². The molecular weight excluding hydrogens is 236 g/mol. The maximum atomic E-state index is 4.30. The van der Waals surface area contributed by atoms with Crippen LogP contribution in [0, 0.1) is 0 Å². The van der Waals surface area contributed by atoms with E-state index < -0.39 is 0 Å². The summed E-state index contributed by atoms with van der Waals surface area (Å²) in [7, 11) is 0. The molecule has 1 N–H and O–H groups in total. The van der Waals surface area contributed by atoms with Gasteiger partial charge in [-0.2, -0.15) is 0 Å². The number of nitrogens with zero attached hydrogens (tertiary/aromatic N) is 3. The average molecular weight is 262 g/mol. The van der Waals surface area contributed by atoms with Crippen molar-refractivity contribution in [3.63, 3.8) is 0 Å². The summed E-state index contributed by atoms with van der Waals surface area (Å²) in [6.45, 7) is 13.1. The Labute approximate surface area is 116 Å². The lowest BCUT2D eigenvalue weighted by molar-refractivity contribution is 0.209. The SMILES string of the molecule is CCNCc1ccncc1N1CCN(C(C)C)CC1. The van der Waals surface area contributed by atoms with E-state index >= 15 is 0 Å². The van der Waals surface area contributed by atoms with E-state index in [1.807, 2.05) is 12.4 Å². The van der Waals surface area contributed by atoms with E-state index in [1.165, 1.54) is 11.3 Å². The van der Waals surface area contributed by atoms with Crippen molar-refractivity contribution in [1.29, 1.82) is 0 Å². The zero-order valence-electron chi connectivity index (χ0n) is 12.4. The summed E-state index contributed by atoms with van der Waals surface area (Å²) in [5.74, 6) is 0. The van der Waals surface area contributed by atoms with Gasteiger partial charge in [0.05, 0.1) is 11.9 Å². The van der Waals surface area contributed by atoms with Gasteiger partial charge in [-0.05, 0) is 32.0 Å². The second-order valence-electron chi connectivity index (χ2n) is 5.40. The third kappa shape index (κ3) is 3.67. The fraction of sp³-hybridized carbons (Fsp3) is 0.667. The number of hydrogen-bond donors (Lipinski definition) is 1. The van der Waals surface area contributed by atoms with Crippen LogP contribution in [0.15, 0.2) is 18.5 Å². The van der Waals surface area contributed by atoms with Crippen molar-refractivity contribution in [2.45, 2.75) is 33.4 Å². The number of rotatable bonds is 5. The summed E-state index contributed by atoms with van der Waals surface area (Å²) in [6.07, 6.45) is 3.90. The molecule has 0 unspecified atom stereocenters. The minimum Gasteiger partial charge on any atom is -0.367 e. The zero-order valence-corrected chi connectivity index (χ0v) is 12.4. The molecular formula is C15H26N4. The van der Waals surface area contributed by atoms with Crippen molar-refractivity contribution in [3.05, 3.63) is 24.0 Å². The summed E-state index contributed by atoms with van der Waals surface area (Å²) in [5, 5.41) is 3.41. The molecule has 0 atom stereocenters. The molecule has 106 valence electrons. The molecule has 1 aromatic rings. The molecule has 19 heavy (non-hydrogen) atoms. The van der Waals surface area contributed by atoms with Crippen molar-refractivity contribution in [2.75, 3.05) is 37.6 Å². The van der Waals surface area contributed by atoms with Crippen LogP contribution in [0.2, 0.25) is 0 Å². The minimum absolute atomic E-state index is 0.650. The Morgan fingerprint density at radius 1 is 1.26 bits per heavy atom. The molecule has 0 radical (unpaired) electrons. The first-order chi connectivity index (χ1) is 9.22. The quantitative estimate of drug-likeness (QED) is 0.875. The highest BCUT2D eigenvalue weighted by Crippen LogP contribution is 2.21. The fourth-order valence-electron chi connectivity index (χ4n) is 2.59. The Morgan fingerprint density at radius 2 is 2.00 bits per heavy atom.